The average molecular weight is 334 g/mol. The quantitative estimate of drug-likeness (QED) is 0.165. The fourth-order valence-corrected chi connectivity index (χ4v) is 3.48. The van der Waals surface area contributed by atoms with Gasteiger partial charge in [0.2, 0.25) is 0 Å². The van der Waals surface area contributed by atoms with E-state index in [2.05, 4.69) is 42.1 Å². The van der Waals surface area contributed by atoms with Crippen molar-refractivity contribution in [1.29, 1.82) is 0 Å². The molecule has 0 aromatic rings. The number of hydrogen-bond donors (Lipinski definition) is 0. The minimum atomic E-state index is 0.146. The van der Waals surface area contributed by atoms with Gasteiger partial charge in [0.25, 0.3) is 0 Å². The first kappa shape index (κ1) is 20.4. The van der Waals surface area contributed by atoms with Gasteiger partial charge in [0, 0.05) is 2.74 Å². The molecule has 140 valence electrons. The molecule has 0 saturated carbocycles. The standard InChI is InChI=1S/C22H46B2/c1-5-21(15-9-7-13-19-23-3)17-11-12-18-22(6-2)16-10-8-14-20-24-4/h21-22H,5-20H2,1-4H3/i9D,10D. The van der Waals surface area contributed by atoms with Crippen LogP contribution < -0.4 is 0 Å². The van der Waals surface area contributed by atoms with E-state index in [9.17, 15) is 0 Å². The van der Waals surface area contributed by atoms with Crippen LogP contribution in [0.4, 0.5) is 0 Å². The molecule has 0 saturated heterocycles. The molecule has 0 rings (SSSR count). The molecule has 0 aliphatic heterocycles. The summed E-state index contributed by atoms with van der Waals surface area (Å²) in [5, 5.41) is 0. The lowest BCUT2D eigenvalue weighted by Crippen LogP contribution is -2.02. The fourth-order valence-electron chi connectivity index (χ4n) is 3.48. The maximum absolute atomic E-state index is 8.27. The fraction of sp³-hybridized carbons (Fsp3) is 1.00. The minimum Gasteiger partial charge on any atom is -0.0920 e. The van der Waals surface area contributed by atoms with Crippen LogP contribution in [0.5, 0.6) is 0 Å². The zero-order valence-corrected chi connectivity index (χ0v) is 17.4. The Balaban J connectivity index is 3.89. The molecule has 2 heteroatoms. The van der Waals surface area contributed by atoms with Gasteiger partial charge in [-0.3, -0.25) is 0 Å². The topological polar surface area (TPSA) is 0 Å². The van der Waals surface area contributed by atoms with Gasteiger partial charge in [0.1, 0.15) is 14.6 Å². The molecule has 0 aromatic carbocycles. The van der Waals surface area contributed by atoms with Gasteiger partial charge in [-0.15, -0.1) is 0 Å². The lowest BCUT2D eigenvalue weighted by molar-refractivity contribution is 0.364. The number of rotatable bonds is 19. The van der Waals surface area contributed by atoms with Gasteiger partial charge in [0.15, 0.2) is 0 Å². The highest BCUT2D eigenvalue weighted by Crippen LogP contribution is 2.24. The number of hydrogen-bond acceptors (Lipinski definition) is 0. The molecule has 24 heavy (non-hydrogen) atoms. The van der Waals surface area contributed by atoms with Crippen LogP contribution in [0.15, 0.2) is 0 Å². The molecule has 0 aliphatic carbocycles. The zero-order valence-electron chi connectivity index (χ0n) is 19.4. The molecule has 2 radical (unpaired) electrons. The van der Waals surface area contributed by atoms with Crippen molar-refractivity contribution in [3.05, 3.63) is 0 Å². The van der Waals surface area contributed by atoms with Crippen molar-refractivity contribution in [2.45, 2.75) is 130 Å². The van der Waals surface area contributed by atoms with Gasteiger partial charge in [0.05, 0.1) is 0 Å². The summed E-state index contributed by atoms with van der Waals surface area (Å²) >= 11 is 0. The van der Waals surface area contributed by atoms with Gasteiger partial charge in [-0.25, -0.2) is 0 Å². The summed E-state index contributed by atoms with van der Waals surface area (Å²) in [6.45, 7) is 8.82. The summed E-state index contributed by atoms with van der Waals surface area (Å²) in [6, 6.07) is 0. The second-order valence-electron chi connectivity index (χ2n) is 7.56. The summed E-state index contributed by atoms with van der Waals surface area (Å²) in [4.78, 5) is 0. The van der Waals surface area contributed by atoms with Crippen molar-refractivity contribution in [3.8, 4) is 0 Å². The van der Waals surface area contributed by atoms with E-state index in [1.54, 1.807) is 0 Å². The van der Waals surface area contributed by atoms with E-state index in [-0.39, 0.29) is 12.8 Å². The average Bonchev–Trinajstić information content (AvgIpc) is 2.63. The second-order valence-corrected chi connectivity index (χ2v) is 7.56. The van der Waals surface area contributed by atoms with E-state index in [4.69, 9.17) is 2.74 Å². The molecule has 0 bridgehead atoms. The normalized spacial score (nSPS) is 17.5. The van der Waals surface area contributed by atoms with Crippen LogP contribution in [0.25, 0.3) is 0 Å². The van der Waals surface area contributed by atoms with E-state index in [1.807, 2.05) is 0 Å². The predicted octanol–water partition coefficient (Wildman–Crippen LogP) is 8.06. The molecule has 0 heterocycles. The molecule has 0 nitrogen and oxygen atoms in total. The third-order valence-electron chi connectivity index (χ3n) is 5.43. The van der Waals surface area contributed by atoms with E-state index < -0.39 is 0 Å². The smallest absolute Gasteiger partial charge is 0.0920 e. The molecule has 0 amide bonds. The highest BCUT2D eigenvalue weighted by atomic mass is 14.1. The molecule has 0 spiro atoms. The first-order chi connectivity index (χ1) is 12.6. The molecule has 0 aromatic heterocycles. The largest absolute Gasteiger partial charge is 0.105 e. The Kier molecular flexibility index (Phi) is 16.6. The highest BCUT2D eigenvalue weighted by Gasteiger charge is 2.09. The first-order valence-corrected chi connectivity index (χ1v) is 11.0. The lowest BCUT2D eigenvalue weighted by Gasteiger charge is -2.17. The second kappa shape index (κ2) is 19.5. The van der Waals surface area contributed by atoms with Crippen molar-refractivity contribution in [3.63, 3.8) is 0 Å². The molecule has 0 aliphatic rings. The summed E-state index contributed by atoms with van der Waals surface area (Å²) < 4.78 is 16.5. The van der Waals surface area contributed by atoms with Crippen LogP contribution in [-0.4, -0.2) is 14.6 Å². The Labute approximate surface area is 159 Å². The Morgan fingerprint density at radius 3 is 1.38 bits per heavy atom. The van der Waals surface area contributed by atoms with Crippen LogP contribution >= 0.6 is 0 Å². The Morgan fingerprint density at radius 1 is 0.625 bits per heavy atom. The third-order valence-corrected chi connectivity index (χ3v) is 5.43. The van der Waals surface area contributed by atoms with Gasteiger partial charge >= 0.3 is 0 Å². The van der Waals surface area contributed by atoms with Crippen molar-refractivity contribution in [1.82, 2.24) is 0 Å². The van der Waals surface area contributed by atoms with E-state index in [1.165, 1.54) is 51.4 Å². The summed E-state index contributed by atoms with van der Waals surface area (Å²) in [6.07, 6.45) is 17.0. The molecular formula is C22H46B2. The summed E-state index contributed by atoms with van der Waals surface area (Å²) in [5.74, 6) is 1.50. The van der Waals surface area contributed by atoms with Crippen LogP contribution in [0.2, 0.25) is 26.3 Å². The molecular weight excluding hydrogens is 286 g/mol. The SMILES string of the molecule is [2H]C(CCC[B]C)CC(CC)CCCCC(CC)CC([2H])CCC[B]C. The first-order valence-electron chi connectivity index (χ1n) is 12.1. The van der Waals surface area contributed by atoms with Crippen molar-refractivity contribution in [2.75, 3.05) is 0 Å². The maximum atomic E-state index is 8.27. The van der Waals surface area contributed by atoms with Crippen molar-refractivity contribution >= 4 is 14.6 Å². The summed E-state index contributed by atoms with van der Waals surface area (Å²) in [5.41, 5.74) is 0. The van der Waals surface area contributed by atoms with Gasteiger partial charge in [-0.1, -0.05) is 130 Å². The number of unbranched alkanes of at least 4 members (excludes halogenated alkanes) is 1. The molecule has 0 fully saturated rings. The maximum Gasteiger partial charge on any atom is 0.105 e. The van der Waals surface area contributed by atoms with E-state index in [0.717, 1.165) is 50.2 Å². The molecule has 4 atom stereocenters. The third kappa shape index (κ3) is 15.6. The van der Waals surface area contributed by atoms with Crippen molar-refractivity contribution < 1.29 is 2.74 Å². The van der Waals surface area contributed by atoms with E-state index >= 15 is 0 Å². The molecule has 4 unspecified atom stereocenters. The highest BCUT2D eigenvalue weighted by molar-refractivity contribution is 6.33. The van der Waals surface area contributed by atoms with Crippen LogP contribution in [0, 0.1) is 11.8 Å². The lowest BCUT2D eigenvalue weighted by atomic mass is 9.76. The van der Waals surface area contributed by atoms with Crippen LogP contribution in [0.3, 0.4) is 0 Å². The van der Waals surface area contributed by atoms with E-state index in [0.29, 0.717) is 0 Å². The van der Waals surface area contributed by atoms with Gasteiger partial charge in [-0.05, 0) is 11.8 Å². The van der Waals surface area contributed by atoms with Gasteiger partial charge < -0.3 is 0 Å². The van der Waals surface area contributed by atoms with Crippen LogP contribution in [-0.2, 0) is 0 Å². The Morgan fingerprint density at radius 2 is 1.04 bits per heavy atom. The zero-order chi connectivity index (χ0) is 19.6. The van der Waals surface area contributed by atoms with Gasteiger partial charge in [-0.2, -0.15) is 0 Å². The monoisotopic (exact) mass is 334 g/mol. The molecule has 0 N–H and O–H groups in total. The van der Waals surface area contributed by atoms with Crippen LogP contribution in [0.1, 0.15) is 106 Å². The predicted molar refractivity (Wildman–Crippen MR) is 116 cm³/mol. The Bertz CT molecular complexity index is 261. The Hall–Kier alpha value is 0.130. The summed E-state index contributed by atoms with van der Waals surface area (Å²) in [7, 11) is 4.44. The minimum absolute atomic E-state index is 0.146. The van der Waals surface area contributed by atoms with Crippen molar-refractivity contribution in [2.24, 2.45) is 11.8 Å².